The standard InChI is InChI=1S/C33H43N3O7S/c1-8-15-34-33(38)29(9-2)35(21-25-11-10-12-27(19-25)41-5)32(37)22-36(26-17-23(3)16-24(4)18-26)44(39,40)28-13-14-30(42-6)31(20-28)43-7/h10-14,16-20,29H,8-9,15,21-22H2,1-7H3,(H,34,38). The summed E-state index contributed by atoms with van der Waals surface area (Å²) in [5, 5.41) is 2.89. The van der Waals surface area contributed by atoms with Crippen molar-refractivity contribution in [1.29, 1.82) is 0 Å². The second-order valence-corrected chi connectivity index (χ2v) is 12.3. The smallest absolute Gasteiger partial charge is 0.264 e. The fourth-order valence-electron chi connectivity index (χ4n) is 4.98. The number of methoxy groups -OCH3 is 3. The number of amides is 2. The molecular weight excluding hydrogens is 582 g/mol. The van der Waals surface area contributed by atoms with Crippen LogP contribution in [0.3, 0.4) is 0 Å². The number of aryl methyl sites for hydroxylation is 2. The lowest BCUT2D eigenvalue weighted by Crippen LogP contribution is -2.52. The first-order chi connectivity index (χ1) is 21.0. The zero-order chi connectivity index (χ0) is 32.4. The van der Waals surface area contributed by atoms with Crippen LogP contribution in [0.5, 0.6) is 17.2 Å². The number of benzene rings is 3. The molecule has 2 amide bonds. The van der Waals surface area contributed by atoms with Gasteiger partial charge in [0, 0.05) is 19.2 Å². The summed E-state index contributed by atoms with van der Waals surface area (Å²) in [6.45, 7) is 7.48. The van der Waals surface area contributed by atoms with Gasteiger partial charge in [0.1, 0.15) is 18.3 Å². The van der Waals surface area contributed by atoms with Crippen LogP contribution in [-0.4, -0.2) is 65.6 Å². The van der Waals surface area contributed by atoms with Gasteiger partial charge in [-0.05, 0) is 79.8 Å². The molecule has 3 rings (SSSR count). The van der Waals surface area contributed by atoms with Gasteiger partial charge >= 0.3 is 0 Å². The van der Waals surface area contributed by atoms with Crippen LogP contribution >= 0.6 is 0 Å². The van der Waals surface area contributed by atoms with Crippen molar-refractivity contribution in [3.8, 4) is 17.2 Å². The predicted octanol–water partition coefficient (Wildman–Crippen LogP) is 4.86. The highest BCUT2D eigenvalue weighted by Gasteiger charge is 2.34. The lowest BCUT2D eigenvalue weighted by atomic mass is 10.1. The van der Waals surface area contributed by atoms with Crippen LogP contribution in [0.2, 0.25) is 0 Å². The molecule has 0 aliphatic rings. The van der Waals surface area contributed by atoms with E-state index in [2.05, 4.69) is 5.32 Å². The van der Waals surface area contributed by atoms with Crippen LogP contribution in [0, 0.1) is 13.8 Å². The molecule has 10 nitrogen and oxygen atoms in total. The Morgan fingerprint density at radius 2 is 1.55 bits per heavy atom. The van der Waals surface area contributed by atoms with Crippen molar-refractivity contribution >= 4 is 27.5 Å². The van der Waals surface area contributed by atoms with Gasteiger partial charge in [-0.25, -0.2) is 8.42 Å². The Labute approximate surface area is 261 Å². The van der Waals surface area contributed by atoms with Crippen molar-refractivity contribution in [3.63, 3.8) is 0 Å². The summed E-state index contributed by atoms with van der Waals surface area (Å²) in [7, 11) is 0.141. The third-order valence-electron chi connectivity index (χ3n) is 7.14. The van der Waals surface area contributed by atoms with Crippen LogP contribution in [0.15, 0.2) is 65.6 Å². The van der Waals surface area contributed by atoms with E-state index in [1.165, 1.54) is 37.3 Å². The van der Waals surface area contributed by atoms with Gasteiger partial charge in [0.2, 0.25) is 11.8 Å². The topological polar surface area (TPSA) is 114 Å². The van der Waals surface area contributed by atoms with Crippen LogP contribution in [0.4, 0.5) is 5.69 Å². The van der Waals surface area contributed by atoms with E-state index in [1.807, 2.05) is 39.8 Å². The summed E-state index contributed by atoms with van der Waals surface area (Å²) in [6, 6.07) is 16.0. The summed E-state index contributed by atoms with van der Waals surface area (Å²) in [4.78, 5) is 29.0. The van der Waals surface area contributed by atoms with E-state index in [-0.39, 0.29) is 23.1 Å². The molecule has 1 N–H and O–H groups in total. The maximum absolute atomic E-state index is 14.3. The molecule has 238 valence electrons. The molecule has 44 heavy (non-hydrogen) atoms. The molecule has 3 aromatic rings. The summed E-state index contributed by atoms with van der Waals surface area (Å²) in [6.07, 6.45) is 1.06. The normalized spacial score (nSPS) is 11.8. The van der Waals surface area contributed by atoms with E-state index in [1.54, 1.807) is 37.4 Å². The van der Waals surface area contributed by atoms with Crippen molar-refractivity contribution in [1.82, 2.24) is 10.2 Å². The van der Waals surface area contributed by atoms with Crippen molar-refractivity contribution in [3.05, 3.63) is 77.4 Å². The minimum Gasteiger partial charge on any atom is -0.497 e. The van der Waals surface area contributed by atoms with E-state index >= 15 is 0 Å². The number of nitrogens with zero attached hydrogens (tertiary/aromatic N) is 2. The molecule has 0 radical (unpaired) electrons. The Kier molecular flexibility index (Phi) is 12.0. The van der Waals surface area contributed by atoms with Crippen LogP contribution in [0.25, 0.3) is 0 Å². The van der Waals surface area contributed by atoms with Gasteiger partial charge in [-0.3, -0.25) is 13.9 Å². The second kappa shape index (κ2) is 15.5. The Morgan fingerprint density at radius 3 is 2.14 bits per heavy atom. The van der Waals surface area contributed by atoms with Crippen molar-refractivity contribution in [2.75, 3.05) is 38.7 Å². The van der Waals surface area contributed by atoms with Crippen LogP contribution in [-0.2, 0) is 26.2 Å². The summed E-state index contributed by atoms with van der Waals surface area (Å²) < 4.78 is 45.7. The number of sulfonamides is 1. The zero-order valence-corrected chi connectivity index (χ0v) is 27.4. The number of carbonyl (C=O) groups is 2. The minimum atomic E-state index is -4.29. The lowest BCUT2D eigenvalue weighted by Gasteiger charge is -2.33. The molecule has 0 bridgehead atoms. The molecule has 0 aliphatic carbocycles. The maximum atomic E-state index is 14.3. The Hall–Kier alpha value is -4.25. The quantitative estimate of drug-likeness (QED) is 0.257. The van der Waals surface area contributed by atoms with Crippen molar-refractivity contribution in [2.45, 2.75) is 58.0 Å². The first kappa shape index (κ1) is 34.2. The molecule has 0 saturated heterocycles. The fraction of sp³-hybridized carbons (Fsp3) is 0.394. The highest BCUT2D eigenvalue weighted by Crippen LogP contribution is 2.33. The number of ether oxygens (including phenoxy) is 3. The largest absolute Gasteiger partial charge is 0.497 e. The molecule has 11 heteroatoms. The molecule has 0 heterocycles. The molecule has 0 spiro atoms. The van der Waals surface area contributed by atoms with E-state index in [0.717, 1.165) is 27.4 Å². The van der Waals surface area contributed by atoms with Gasteiger partial charge in [0.15, 0.2) is 11.5 Å². The Bertz CT molecular complexity index is 1540. The molecule has 3 aromatic carbocycles. The van der Waals surface area contributed by atoms with E-state index in [4.69, 9.17) is 14.2 Å². The summed E-state index contributed by atoms with van der Waals surface area (Å²) in [5.74, 6) is 0.375. The van der Waals surface area contributed by atoms with Gasteiger partial charge in [0.25, 0.3) is 10.0 Å². The number of hydrogen-bond donors (Lipinski definition) is 1. The van der Waals surface area contributed by atoms with Crippen LogP contribution in [0.1, 0.15) is 43.4 Å². The van der Waals surface area contributed by atoms with E-state index in [9.17, 15) is 18.0 Å². The first-order valence-corrected chi connectivity index (χ1v) is 16.0. The summed E-state index contributed by atoms with van der Waals surface area (Å²) >= 11 is 0. The second-order valence-electron chi connectivity index (χ2n) is 10.5. The van der Waals surface area contributed by atoms with Gasteiger partial charge in [-0.15, -0.1) is 0 Å². The van der Waals surface area contributed by atoms with Crippen LogP contribution < -0.4 is 23.8 Å². The third-order valence-corrected chi connectivity index (χ3v) is 8.91. The van der Waals surface area contributed by atoms with Gasteiger partial charge < -0.3 is 24.4 Å². The summed E-state index contributed by atoms with van der Waals surface area (Å²) in [5.41, 5.74) is 2.73. The predicted molar refractivity (Wildman–Crippen MR) is 171 cm³/mol. The fourth-order valence-corrected chi connectivity index (χ4v) is 6.39. The Balaban J connectivity index is 2.14. The van der Waals surface area contributed by atoms with E-state index in [0.29, 0.717) is 30.2 Å². The SMILES string of the molecule is CCCNC(=O)C(CC)N(Cc1cccc(OC)c1)C(=O)CN(c1cc(C)cc(C)c1)S(=O)(=O)c1ccc(OC)c(OC)c1. The first-order valence-electron chi connectivity index (χ1n) is 14.5. The van der Waals surface area contributed by atoms with Gasteiger partial charge in [-0.1, -0.05) is 32.0 Å². The van der Waals surface area contributed by atoms with Crippen molar-refractivity contribution in [2.24, 2.45) is 0 Å². The zero-order valence-electron chi connectivity index (χ0n) is 26.5. The molecular formula is C33H43N3O7S. The third kappa shape index (κ3) is 8.22. The number of hydrogen-bond acceptors (Lipinski definition) is 7. The van der Waals surface area contributed by atoms with Gasteiger partial charge in [-0.2, -0.15) is 0 Å². The number of anilines is 1. The molecule has 0 aromatic heterocycles. The highest BCUT2D eigenvalue weighted by atomic mass is 32.2. The Morgan fingerprint density at radius 1 is 0.864 bits per heavy atom. The average Bonchev–Trinajstić information content (AvgIpc) is 3.01. The highest BCUT2D eigenvalue weighted by molar-refractivity contribution is 7.92. The lowest BCUT2D eigenvalue weighted by molar-refractivity contribution is -0.140. The molecule has 0 fully saturated rings. The van der Waals surface area contributed by atoms with E-state index < -0.39 is 28.5 Å². The maximum Gasteiger partial charge on any atom is 0.264 e. The monoisotopic (exact) mass is 625 g/mol. The minimum absolute atomic E-state index is 0.0746. The van der Waals surface area contributed by atoms with Gasteiger partial charge in [0.05, 0.1) is 31.9 Å². The molecule has 0 saturated carbocycles. The average molecular weight is 626 g/mol. The molecule has 0 aliphatic heterocycles. The molecule has 1 unspecified atom stereocenters. The molecule has 1 atom stereocenters. The number of nitrogens with one attached hydrogen (secondary N) is 1. The number of rotatable bonds is 15. The number of carbonyl (C=O) groups excluding carboxylic acids is 2. The van der Waals surface area contributed by atoms with Crippen molar-refractivity contribution < 1.29 is 32.2 Å².